The van der Waals surface area contributed by atoms with Crippen LogP contribution in [0.5, 0.6) is 23.0 Å². The molecule has 8 nitrogen and oxygen atoms in total. The van der Waals surface area contributed by atoms with E-state index in [-0.39, 0.29) is 18.9 Å². The van der Waals surface area contributed by atoms with Crippen LogP contribution in [-0.2, 0) is 41.4 Å². The summed E-state index contributed by atoms with van der Waals surface area (Å²) in [6.07, 6.45) is 22.8. The van der Waals surface area contributed by atoms with Gasteiger partial charge in [-0.05, 0) is 141 Å². The first kappa shape index (κ1) is 92.5. The molecule has 0 aliphatic rings. The van der Waals surface area contributed by atoms with Gasteiger partial charge in [-0.3, -0.25) is 19.8 Å². The summed E-state index contributed by atoms with van der Waals surface area (Å²) in [5.41, 5.74) is 7.70. The second-order valence-corrected chi connectivity index (χ2v) is 35.7. The SMILES string of the molecule is CCCCCC(/C=[CH]/[Al-](/[CH]=C/C(CCCCC)OC(c1ccccc1)(c1ccccc1)c1ccc(OC)cc1)(/[CH]=C/C(CCCCC)OC(c1ccccc1)(c1ccccc1)c1ccc(OC)cc1)/[CH]=C/C(CCCCC)OC(c1ccccc1)(c1ccccc1)c1ccc(OC)cc1)OC(c1ccccc1)(c1ccccc1)c1ccc(OC)cc1.[Li+]. The van der Waals surface area contributed by atoms with Crippen molar-refractivity contribution in [3.05, 3.63) is 451 Å². The van der Waals surface area contributed by atoms with Crippen LogP contribution in [0.2, 0.25) is 0 Å². The maximum absolute atomic E-state index is 8.40. The van der Waals surface area contributed by atoms with Crippen molar-refractivity contribution in [3.63, 3.8) is 0 Å². The minimum absolute atomic E-state index is 0. The van der Waals surface area contributed by atoms with Gasteiger partial charge < -0.3 is 37.9 Å². The van der Waals surface area contributed by atoms with E-state index in [1.165, 1.54) is 0 Å². The molecular weight excluding hydrogens is 1510 g/mol. The van der Waals surface area contributed by atoms with Gasteiger partial charge >= 0.3 is 18.9 Å². The predicted molar refractivity (Wildman–Crippen MR) is 501 cm³/mol. The van der Waals surface area contributed by atoms with Crippen molar-refractivity contribution in [3.8, 4) is 23.0 Å². The van der Waals surface area contributed by atoms with Gasteiger partial charge in [0.15, 0.2) is 0 Å². The van der Waals surface area contributed by atoms with E-state index in [4.69, 9.17) is 37.9 Å². The average molecular weight is 1630 g/mol. The van der Waals surface area contributed by atoms with Gasteiger partial charge in [0.05, 0.1) is 52.9 Å². The van der Waals surface area contributed by atoms with E-state index in [1.54, 1.807) is 28.4 Å². The van der Waals surface area contributed by atoms with Crippen molar-refractivity contribution < 1.29 is 56.8 Å². The van der Waals surface area contributed by atoms with E-state index in [2.05, 4.69) is 411 Å². The maximum Gasteiger partial charge on any atom is 1.00 e. The maximum atomic E-state index is 8.40. The Bertz CT molecular complexity index is 4250. The van der Waals surface area contributed by atoms with Crippen molar-refractivity contribution in [2.24, 2.45) is 0 Å². The summed E-state index contributed by atoms with van der Waals surface area (Å²) in [4.78, 5) is 10.4. The average Bonchev–Trinajstić information content (AvgIpc) is 0.766. The van der Waals surface area contributed by atoms with Crippen LogP contribution in [0.4, 0.5) is 0 Å². The van der Waals surface area contributed by atoms with Crippen LogP contribution in [0.3, 0.4) is 0 Å². The van der Waals surface area contributed by atoms with E-state index >= 15 is 0 Å². The Morgan fingerprint density at radius 2 is 0.361 bits per heavy atom. The fourth-order valence-corrected chi connectivity index (χ4v) is 20.5. The molecule has 0 aliphatic carbocycles. The number of rotatable bonds is 48. The molecule has 0 spiro atoms. The molecule has 122 heavy (non-hydrogen) atoms. The summed E-state index contributed by atoms with van der Waals surface area (Å²) in [5.74, 6) is 3.07. The quantitative estimate of drug-likeness (QED) is 0.0212. The molecule has 624 valence electrons. The van der Waals surface area contributed by atoms with Crippen molar-refractivity contribution in [1.29, 1.82) is 0 Å². The summed E-state index contributed by atoms with van der Waals surface area (Å²) >= 11 is -4.15. The Kier molecular flexibility index (Phi) is 35.9. The second-order valence-electron chi connectivity index (χ2n) is 31.9. The fourth-order valence-electron chi connectivity index (χ4n) is 17.2. The zero-order valence-electron chi connectivity index (χ0n) is 73.4. The number of benzene rings is 12. The van der Waals surface area contributed by atoms with E-state index < -0.39 is 59.9 Å². The Labute approximate surface area is 743 Å². The number of unbranched alkanes of at least 4 members (excludes halogenated alkanes) is 8. The minimum Gasteiger partial charge on any atom is -0.497 e. The van der Waals surface area contributed by atoms with Gasteiger partial charge in [0.25, 0.3) is 0 Å². The molecule has 12 rings (SSSR count). The third kappa shape index (κ3) is 23.0. The Morgan fingerprint density at radius 3 is 0.500 bits per heavy atom. The molecule has 0 aromatic heterocycles. The number of hydrogen-bond acceptors (Lipinski definition) is 8. The smallest absolute Gasteiger partial charge is 0.497 e. The molecule has 0 radical (unpaired) electrons. The number of ether oxygens (including phenoxy) is 8. The molecule has 0 heterocycles. The molecular formula is C112H124AlLiO8. The fraction of sp³-hybridized carbons (Fsp3) is 0.286. The molecule has 12 aromatic carbocycles. The molecule has 0 aliphatic heterocycles. The van der Waals surface area contributed by atoms with Crippen LogP contribution >= 0.6 is 0 Å². The minimum atomic E-state index is -4.15. The first-order valence-electron chi connectivity index (χ1n) is 44.2. The molecule has 0 N–H and O–H groups in total. The van der Waals surface area contributed by atoms with Crippen LogP contribution < -0.4 is 37.8 Å². The van der Waals surface area contributed by atoms with Gasteiger partial charge in [0.2, 0.25) is 13.1 Å². The van der Waals surface area contributed by atoms with Gasteiger partial charge in [0.1, 0.15) is 45.4 Å². The van der Waals surface area contributed by atoms with Gasteiger partial charge in [-0.2, -0.15) is 0 Å². The number of hydrogen-bond donors (Lipinski definition) is 0. The van der Waals surface area contributed by atoms with Gasteiger partial charge in [0, 0.05) is 0 Å². The van der Waals surface area contributed by atoms with Crippen LogP contribution in [0.1, 0.15) is 197 Å². The summed E-state index contributed by atoms with van der Waals surface area (Å²) in [6.45, 7) is 9.15. The van der Waals surface area contributed by atoms with E-state index in [9.17, 15) is 0 Å². The monoisotopic (exact) mass is 1630 g/mol. The van der Waals surface area contributed by atoms with Crippen molar-refractivity contribution >= 4 is 13.1 Å². The molecule has 0 fully saturated rings. The Balaban J connectivity index is 0.0000145. The van der Waals surface area contributed by atoms with Crippen molar-refractivity contribution in [1.82, 2.24) is 0 Å². The summed E-state index contributed by atoms with van der Waals surface area (Å²) in [7, 11) is 6.91. The molecule has 10 heteroatoms. The van der Waals surface area contributed by atoms with Crippen molar-refractivity contribution in [2.45, 2.75) is 177 Å². The van der Waals surface area contributed by atoms with Crippen LogP contribution in [0, 0.1) is 0 Å². The third-order valence-electron chi connectivity index (χ3n) is 23.7. The van der Waals surface area contributed by atoms with Gasteiger partial charge in [-0.25, -0.2) is 0 Å². The molecule has 4 unspecified atom stereocenters. The largest absolute Gasteiger partial charge is 1.00 e. The predicted octanol–water partition coefficient (Wildman–Crippen LogP) is 24.7. The molecule has 0 saturated carbocycles. The first-order valence-corrected chi connectivity index (χ1v) is 46.9. The van der Waals surface area contributed by atoms with Gasteiger partial charge in [-0.15, -0.1) is 24.3 Å². The zero-order chi connectivity index (χ0) is 84.3. The van der Waals surface area contributed by atoms with Crippen LogP contribution in [0.25, 0.3) is 0 Å². The number of methoxy groups -OCH3 is 4. The first-order chi connectivity index (χ1) is 59.5. The van der Waals surface area contributed by atoms with E-state index in [1.807, 2.05) is 0 Å². The second kappa shape index (κ2) is 47.4. The summed E-state index contributed by atoms with van der Waals surface area (Å²) in [6, 6.07) is 120. The summed E-state index contributed by atoms with van der Waals surface area (Å²) < 4.78 is 57.3. The van der Waals surface area contributed by atoms with E-state index in [0.717, 1.165) is 192 Å². The van der Waals surface area contributed by atoms with Crippen molar-refractivity contribution in [2.75, 3.05) is 28.4 Å². The summed E-state index contributed by atoms with van der Waals surface area (Å²) in [5, 5.41) is 0. The third-order valence-corrected chi connectivity index (χ3v) is 27.3. The normalized spacial score (nSPS) is 13.6. The standard InChI is InChI=1S/4C28H31O2.Al.Li/c4*1-4-6-9-18-26(5-2)30-28(23-14-10-7-11-15-23,24-16-12-8-13-17-24)25-19-21-27(29-3)22-20-25;;/h4*2,5,7-8,10-17,19-22,26H,4,6,9,18H2,1,3H3;;/q;;;;-1;+1. The molecule has 0 saturated heterocycles. The zero-order valence-corrected chi connectivity index (χ0v) is 74.6. The van der Waals surface area contributed by atoms with Gasteiger partial charge in [-0.1, -0.05) is 396 Å². The van der Waals surface area contributed by atoms with E-state index in [0.29, 0.717) is 0 Å². The van der Waals surface area contributed by atoms with Crippen LogP contribution in [0.15, 0.2) is 384 Å². The molecule has 4 atom stereocenters. The molecule has 0 bridgehead atoms. The molecule has 0 amide bonds. The molecule has 12 aromatic rings. The Morgan fingerprint density at radius 1 is 0.213 bits per heavy atom. The Hall–Kier alpha value is -10.2. The topological polar surface area (TPSA) is 73.8 Å². The van der Waals surface area contributed by atoms with Crippen LogP contribution in [-0.4, -0.2) is 65.9 Å².